The first-order chi connectivity index (χ1) is 9.90. The van der Waals surface area contributed by atoms with Gasteiger partial charge in [0.1, 0.15) is 5.82 Å². The quantitative estimate of drug-likeness (QED) is 0.861. The number of nitrogens with zero attached hydrogens (tertiary/aromatic N) is 2. The van der Waals surface area contributed by atoms with E-state index in [4.69, 9.17) is 29.6 Å². The first kappa shape index (κ1) is 16.1. The van der Waals surface area contributed by atoms with E-state index in [1.807, 2.05) is 6.92 Å². The molecule has 1 aromatic rings. The molecule has 1 aliphatic rings. The molecule has 1 heterocycles. The van der Waals surface area contributed by atoms with Gasteiger partial charge in [-0.15, -0.1) is 0 Å². The monoisotopic (exact) mass is 329 g/mol. The molecule has 0 aliphatic carbocycles. The maximum Gasteiger partial charge on any atom is 0.256 e. The number of halogens is 2. The number of benzene rings is 1. The first-order valence-electron chi connectivity index (χ1n) is 6.68. The highest BCUT2D eigenvalue weighted by Crippen LogP contribution is 2.18. The fourth-order valence-electron chi connectivity index (χ4n) is 2.32. The SMILES string of the molecule is CC(C(N)=S)N1CCN(C(=O)c2cc(Cl)ccc2F)CC1. The van der Waals surface area contributed by atoms with Crippen molar-refractivity contribution < 1.29 is 9.18 Å². The van der Waals surface area contributed by atoms with Crippen molar-refractivity contribution >= 4 is 34.7 Å². The van der Waals surface area contributed by atoms with Gasteiger partial charge in [0.15, 0.2) is 0 Å². The number of rotatable bonds is 3. The van der Waals surface area contributed by atoms with E-state index >= 15 is 0 Å². The molecular formula is C14H17ClFN3OS. The summed E-state index contributed by atoms with van der Waals surface area (Å²) in [5.74, 6) is -0.888. The third kappa shape index (κ3) is 3.70. The molecule has 2 rings (SSSR count). The fourth-order valence-corrected chi connectivity index (χ4v) is 2.65. The third-order valence-corrected chi connectivity index (χ3v) is 4.30. The van der Waals surface area contributed by atoms with E-state index in [9.17, 15) is 9.18 Å². The Morgan fingerprint density at radius 2 is 2.00 bits per heavy atom. The lowest BCUT2D eigenvalue weighted by atomic mass is 10.1. The lowest BCUT2D eigenvalue weighted by Crippen LogP contribution is -2.54. The Balaban J connectivity index is 2.03. The Morgan fingerprint density at radius 1 is 1.38 bits per heavy atom. The normalized spacial score (nSPS) is 17.6. The highest BCUT2D eigenvalue weighted by atomic mass is 35.5. The molecule has 1 amide bonds. The standard InChI is InChI=1S/C14H17ClFN3OS/c1-9(13(17)21)18-4-6-19(7-5-18)14(20)11-8-10(15)2-3-12(11)16/h2-3,8-9H,4-7H2,1H3,(H2,17,21). The Labute approximate surface area is 133 Å². The van der Waals surface area contributed by atoms with Crippen LogP contribution in [0.3, 0.4) is 0 Å². The predicted octanol–water partition coefficient (Wildman–Crippen LogP) is 1.91. The summed E-state index contributed by atoms with van der Waals surface area (Å²) in [6, 6.07) is 4.00. The number of thiocarbonyl (C=S) groups is 1. The zero-order valence-corrected chi connectivity index (χ0v) is 13.3. The first-order valence-corrected chi connectivity index (χ1v) is 7.46. The van der Waals surface area contributed by atoms with Crippen molar-refractivity contribution in [3.63, 3.8) is 0 Å². The van der Waals surface area contributed by atoms with E-state index < -0.39 is 5.82 Å². The van der Waals surface area contributed by atoms with Crippen molar-refractivity contribution in [1.29, 1.82) is 0 Å². The van der Waals surface area contributed by atoms with Crippen LogP contribution in [0.25, 0.3) is 0 Å². The molecule has 0 radical (unpaired) electrons. The maximum atomic E-state index is 13.7. The van der Waals surface area contributed by atoms with Gasteiger partial charge in [-0.05, 0) is 25.1 Å². The summed E-state index contributed by atoms with van der Waals surface area (Å²) in [7, 11) is 0. The molecule has 0 aromatic heterocycles. The number of carbonyl (C=O) groups is 1. The summed E-state index contributed by atoms with van der Waals surface area (Å²) in [5.41, 5.74) is 5.65. The molecule has 4 nitrogen and oxygen atoms in total. The summed E-state index contributed by atoms with van der Waals surface area (Å²) < 4.78 is 13.7. The van der Waals surface area contributed by atoms with Crippen molar-refractivity contribution in [3.05, 3.63) is 34.6 Å². The topological polar surface area (TPSA) is 49.6 Å². The molecule has 1 atom stereocenters. The average molecular weight is 330 g/mol. The van der Waals surface area contributed by atoms with Crippen LogP contribution in [-0.4, -0.2) is 52.9 Å². The zero-order valence-electron chi connectivity index (χ0n) is 11.7. The minimum absolute atomic E-state index is 0.000146. The van der Waals surface area contributed by atoms with Crippen LogP contribution in [0.1, 0.15) is 17.3 Å². The highest BCUT2D eigenvalue weighted by Gasteiger charge is 2.27. The van der Waals surface area contributed by atoms with E-state index in [2.05, 4.69) is 4.90 Å². The Hall–Kier alpha value is -1.24. The zero-order chi connectivity index (χ0) is 15.6. The van der Waals surface area contributed by atoms with Gasteiger partial charge in [0.05, 0.1) is 16.6 Å². The Morgan fingerprint density at radius 3 is 2.57 bits per heavy atom. The summed E-state index contributed by atoms with van der Waals surface area (Å²) in [6.07, 6.45) is 0. The van der Waals surface area contributed by atoms with Gasteiger partial charge in [0, 0.05) is 31.2 Å². The summed E-state index contributed by atoms with van der Waals surface area (Å²) in [6.45, 7) is 4.28. The van der Waals surface area contributed by atoms with Crippen molar-refractivity contribution in [3.8, 4) is 0 Å². The second kappa shape index (κ2) is 6.68. The predicted molar refractivity (Wildman–Crippen MR) is 85.1 cm³/mol. The van der Waals surface area contributed by atoms with E-state index in [1.54, 1.807) is 4.90 Å². The number of carbonyl (C=O) groups excluding carboxylic acids is 1. The van der Waals surface area contributed by atoms with Gasteiger partial charge in [0.2, 0.25) is 0 Å². The van der Waals surface area contributed by atoms with Crippen LogP contribution in [0.2, 0.25) is 5.02 Å². The van der Waals surface area contributed by atoms with E-state index in [1.165, 1.54) is 18.2 Å². The van der Waals surface area contributed by atoms with Crippen molar-refractivity contribution in [2.45, 2.75) is 13.0 Å². The number of hydrogen-bond donors (Lipinski definition) is 1. The highest BCUT2D eigenvalue weighted by molar-refractivity contribution is 7.80. The number of nitrogens with two attached hydrogens (primary N) is 1. The van der Waals surface area contributed by atoms with Gasteiger partial charge >= 0.3 is 0 Å². The molecule has 7 heteroatoms. The van der Waals surface area contributed by atoms with Crippen molar-refractivity contribution in [2.24, 2.45) is 5.73 Å². The second-order valence-corrected chi connectivity index (χ2v) is 5.94. The molecule has 114 valence electrons. The molecular weight excluding hydrogens is 313 g/mol. The molecule has 1 unspecified atom stereocenters. The van der Waals surface area contributed by atoms with Crippen LogP contribution in [0.5, 0.6) is 0 Å². The van der Waals surface area contributed by atoms with Gasteiger partial charge in [-0.25, -0.2) is 4.39 Å². The average Bonchev–Trinajstić information content (AvgIpc) is 2.48. The molecule has 1 aliphatic heterocycles. The van der Waals surface area contributed by atoms with E-state index in [0.29, 0.717) is 36.2 Å². The molecule has 0 bridgehead atoms. The molecule has 1 aromatic carbocycles. The second-order valence-electron chi connectivity index (χ2n) is 5.03. The minimum atomic E-state index is -0.552. The van der Waals surface area contributed by atoms with Crippen molar-refractivity contribution in [1.82, 2.24) is 9.80 Å². The molecule has 0 saturated carbocycles. The molecule has 0 spiro atoms. The third-order valence-electron chi connectivity index (χ3n) is 3.72. The van der Waals surface area contributed by atoms with Crippen LogP contribution < -0.4 is 5.73 Å². The maximum absolute atomic E-state index is 13.7. The van der Waals surface area contributed by atoms with Crippen LogP contribution in [-0.2, 0) is 0 Å². The lowest BCUT2D eigenvalue weighted by Gasteiger charge is -2.37. The van der Waals surface area contributed by atoms with E-state index in [0.717, 1.165) is 0 Å². The molecule has 21 heavy (non-hydrogen) atoms. The molecule has 2 N–H and O–H groups in total. The van der Waals surface area contributed by atoms with Crippen LogP contribution in [0.15, 0.2) is 18.2 Å². The summed E-state index contributed by atoms with van der Waals surface area (Å²) in [4.78, 5) is 16.5. The van der Waals surface area contributed by atoms with Crippen LogP contribution in [0.4, 0.5) is 4.39 Å². The summed E-state index contributed by atoms with van der Waals surface area (Å²) >= 11 is 10.8. The van der Waals surface area contributed by atoms with Crippen LogP contribution in [0, 0.1) is 5.82 Å². The Kier molecular flexibility index (Phi) is 5.13. The summed E-state index contributed by atoms with van der Waals surface area (Å²) in [5, 5.41) is 0.348. The number of hydrogen-bond acceptors (Lipinski definition) is 3. The minimum Gasteiger partial charge on any atom is -0.392 e. The smallest absolute Gasteiger partial charge is 0.256 e. The number of amides is 1. The number of piperazine rings is 1. The van der Waals surface area contributed by atoms with Gasteiger partial charge in [-0.2, -0.15) is 0 Å². The van der Waals surface area contributed by atoms with Crippen molar-refractivity contribution in [2.75, 3.05) is 26.2 Å². The lowest BCUT2D eigenvalue weighted by molar-refractivity contribution is 0.0617. The van der Waals surface area contributed by atoms with E-state index in [-0.39, 0.29) is 17.5 Å². The van der Waals surface area contributed by atoms with Crippen LogP contribution >= 0.6 is 23.8 Å². The molecule has 1 saturated heterocycles. The molecule has 1 fully saturated rings. The van der Waals surface area contributed by atoms with Gasteiger partial charge in [0.25, 0.3) is 5.91 Å². The van der Waals surface area contributed by atoms with Gasteiger partial charge in [-0.3, -0.25) is 9.69 Å². The fraction of sp³-hybridized carbons (Fsp3) is 0.429. The largest absolute Gasteiger partial charge is 0.392 e. The van der Waals surface area contributed by atoms with Gasteiger partial charge < -0.3 is 10.6 Å². The van der Waals surface area contributed by atoms with Gasteiger partial charge in [-0.1, -0.05) is 23.8 Å². The Bertz CT molecular complexity index is 561.